The fraction of sp³-hybridized carbons (Fsp3) is 0.267. The lowest BCUT2D eigenvalue weighted by Crippen LogP contribution is -2.10. The molecule has 2 heterocycles. The van der Waals surface area contributed by atoms with Crippen molar-refractivity contribution >= 4 is 27.8 Å². The summed E-state index contributed by atoms with van der Waals surface area (Å²) < 4.78 is 24.5. The number of rotatable bonds is 11. The quantitative estimate of drug-likeness (QED) is 0.154. The van der Waals surface area contributed by atoms with Crippen molar-refractivity contribution < 1.29 is 23.5 Å². The summed E-state index contributed by atoms with van der Waals surface area (Å²) in [5.74, 6) is 1.34. The highest BCUT2D eigenvalue weighted by atomic mass is 16.5. The summed E-state index contributed by atoms with van der Waals surface area (Å²) in [4.78, 5) is 11.6. The average molecular weight is 499 g/mol. The van der Waals surface area contributed by atoms with E-state index >= 15 is 0 Å². The number of ether oxygens (including phenoxy) is 3. The van der Waals surface area contributed by atoms with Crippen molar-refractivity contribution in [2.45, 2.75) is 32.7 Å². The van der Waals surface area contributed by atoms with E-state index in [1.165, 1.54) is 7.11 Å². The fourth-order valence-electron chi connectivity index (χ4n) is 4.51. The monoisotopic (exact) mass is 498 g/mol. The Kier molecular flexibility index (Phi) is 7.40. The Bertz CT molecular complexity index is 1500. The van der Waals surface area contributed by atoms with Gasteiger partial charge in [0.2, 0.25) is 0 Å². The second-order valence-electron chi connectivity index (χ2n) is 8.86. The van der Waals surface area contributed by atoms with Crippen molar-refractivity contribution in [1.29, 1.82) is 0 Å². The maximum Gasteiger partial charge on any atom is 0.325 e. The second kappa shape index (κ2) is 11.2. The Hall–Kier alpha value is -4.26. The first-order valence-electron chi connectivity index (χ1n) is 12.6. The van der Waals surface area contributed by atoms with Crippen LogP contribution in [-0.4, -0.2) is 36.0 Å². The van der Waals surface area contributed by atoms with Crippen molar-refractivity contribution in [2.75, 3.05) is 20.3 Å². The maximum absolute atomic E-state index is 11.6. The van der Waals surface area contributed by atoms with Crippen LogP contribution in [0.3, 0.4) is 0 Å². The van der Waals surface area contributed by atoms with Crippen LogP contribution < -0.4 is 9.47 Å². The summed E-state index contributed by atoms with van der Waals surface area (Å²) >= 11 is 0. The van der Waals surface area contributed by atoms with E-state index in [9.17, 15) is 4.79 Å². The van der Waals surface area contributed by atoms with Gasteiger partial charge in [-0.15, -0.1) is 0 Å². The molecule has 190 valence electrons. The molecule has 0 aliphatic heterocycles. The van der Waals surface area contributed by atoms with Crippen molar-refractivity contribution in [1.82, 2.24) is 9.72 Å². The molecule has 0 fully saturated rings. The topological polar surface area (TPSA) is 75.7 Å². The van der Waals surface area contributed by atoms with Gasteiger partial charge in [-0.25, -0.2) is 0 Å². The van der Waals surface area contributed by atoms with Crippen molar-refractivity contribution in [2.24, 2.45) is 0 Å². The van der Waals surface area contributed by atoms with Crippen LogP contribution in [0.5, 0.6) is 11.5 Å². The van der Waals surface area contributed by atoms with E-state index < -0.39 is 0 Å². The lowest BCUT2D eigenvalue weighted by atomic mass is 10.0. The predicted molar refractivity (Wildman–Crippen MR) is 143 cm³/mol. The first kappa shape index (κ1) is 24.4. The average Bonchev–Trinajstić information content (AvgIpc) is 3.54. The number of aromatic nitrogens is 2. The molecule has 5 rings (SSSR count). The Balaban J connectivity index is 1.20. The molecule has 0 atom stereocenters. The largest absolute Gasteiger partial charge is 0.493 e. The highest BCUT2D eigenvalue weighted by molar-refractivity contribution is 5.94. The molecule has 0 bridgehead atoms. The Morgan fingerprint density at radius 1 is 1.00 bits per heavy atom. The van der Waals surface area contributed by atoms with E-state index in [1.54, 1.807) is 0 Å². The number of benzene rings is 3. The zero-order valence-electron chi connectivity index (χ0n) is 21.1. The molecule has 37 heavy (non-hydrogen) atoms. The van der Waals surface area contributed by atoms with Gasteiger partial charge in [0, 0.05) is 34.6 Å². The number of hydrogen-bond donors (Lipinski definition) is 0. The maximum atomic E-state index is 11.6. The molecule has 0 amide bonds. The summed E-state index contributed by atoms with van der Waals surface area (Å²) in [6.45, 7) is 3.39. The Labute approximate surface area is 215 Å². The number of fused-ring (bicyclic) bond motifs is 2. The van der Waals surface area contributed by atoms with Crippen LogP contribution in [0.25, 0.3) is 33.1 Å². The predicted octanol–water partition coefficient (Wildman–Crippen LogP) is 6.42. The van der Waals surface area contributed by atoms with Gasteiger partial charge in [-0.3, -0.25) is 4.79 Å². The van der Waals surface area contributed by atoms with Gasteiger partial charge < -0.3 is 23.3 Å². The molecule has 2 aromatic heterocycles. The van der Waals surface area contributed by atoms with Gasteiger partial charge in [0.15, 0.2) is 5.58 Å². The first-order chi connectivity index (χ1) is 18.2. The highest BCUT2D eigenvalue weighted by Gasteiger charge is 2.17. The first-order valence-corrected chi connectivity index (χ1v) is 12.6. The van der Waals surface area contributed by atoms with Crippen molar-refractivity contribution in [3.8, 4) is 22.8 Å². The Morgan fingerprint density at radius 3 is 2.65 bits per heavy atom. The standard InChI is InChI=1S/C30H30N2O5/c1-3-8-24-27(14-12-25-29(31-37-30(24)25)21-9-5-4-6-10-21)36-18-7-17-35-23-11-13-26-22(19-23)15-16-32(26)20-28(33)34-2/h4-6,9-16,19H,3,7-8,17-18,20H2,1-2H3. The van der Waals surface area contributed by atoms with E-state index in [0.717, 1.165) is 69.5 Å². The van der Waals surface area contributed by atoms with Crippen LogP contribution in [0.1, 0.15) is 25.3 Å². The zero-order valence-corrected chi connectivity index (χ0v) is 21.1. The van der Waals surface area contributed by atoms with E-state index in [1.807, 2.05) is 77.5 Å². The van der Waals surface area contributed by atoms with Gasteiger partial charge in [-0.2, -0.15) is 0 Å². The molecule has 0 spiro atoms. The number of carbonyl (C=O) groups is 1. The van der Waals surface area contributed by atoms with Gasteiger partial charge in [0.05, 0.1) is 25.7 Å². The number of methoxy groups -OCH3 is 1. The van der Waals surface area contributed by atoms with Gasteiger partial charge >= 0.3 is 5.97 Å². The molecule has 0 N–H and O–H groups in total. The number of esters is 1. The normalized spacial score (nSPS) is 11.2. The molecule has 7 heteroatoms. The number of carbonyl (C=O) groups excluding carboxylic acids is 1. The van der Waals surface area contributed by atoms with Crippen LogP contribution in [0.4, 0.5) is 0 Å². The molecule has 0 aliphatic carbocycles. The summed E-state index contributed by atoms with van der Waals surface area (Å²) in [7, 11) is 1.39. The summed E-state index contributed by atoms with van der Waals surface area (Å²) in [6, 6.07) is 21.9. The van der Waals surface area contributed by atoms with E-state index in [-0.39, 0.29) is 12.5 Å². The van der Waals surface area contributed by atoms with Gasteiger partial charge in [0.1, 0.15) is 23.7 Å². The van der Waals surface area contributed by atoms with E-state index in [4.69, 9.17) is 18.7 Å². The molecule has 7 nitrogen and oxygen atoms in total. The number of nitrogens with zero attached hydrogens (tertiary/aromatic N) is 2. The van der Waals surface area contributed by atoms with Crippen LogP contribution in [0.2, 0.25) is 0 Å². The van der Waals surface area contributed by atoms with Gasteiger partial charge in [0.25, 0.3) is 0 Å². The van der Waals surface area contributed by atoms with Crippen molar-refractivity contribution in [3.63, 3.8) is 0 Å². The number of hydrogen-bond acceptors (Lipinski definition) is 6. The molecule has 0 radical (unpaired) electrons. The molecular formula is C30H30N2O5. The van der Waals surface area contributed by atoms with Crippen LogP contribution >= 0.6 is 0 Å². The summed E-state index contributed by atoms with van der Waals surface area (Å²) in [5, 5.41) is 6.37. The third kappa shape index (κ3) is 5.31. The third-order valence-electron chi connectivity index (χ3n) is 6.33. The highest BCUT2D eigenvalue weighted by Crippen LogP contribution is 2.35. The smallest absolute Gasteiger partial charge is 0.325 e. The second-order valence-corrected chi connectivity index (χ2v) is 8.86. The molecule has 3 aromatic carbocycles. The lowest BCUT2D eigenvalue weighted by molar-refractivity contribution is -0.141. The number of aryl methyl sites for hydroxylation is 1. The van der Waals surface area contributed by atoms with Gasteiger partial charge in [-0.05, 0) is 42.8 Å². The molecule has 0 aliphatic rings. The van der Waals surface area contributed by atoms with Crippen LogP contribution in [0.15, 0.2) is 77.4 Å². The molecule has 0 saturated carbocycles. The van der Waals surface area contributed by atoms with Crippen molar-refractivity contribution in [3.05, 3.63) is 78.5 Å². The van der Waals surface area contributed by atoms with Crippen LogP contribution in [0, 0.1) is 0 Å². The minimum absolute atomic E-state index is 0.186. The Morgan fingerprint density at radius 2 is 1.84 bits per heavy atom. The third-order valence-corrected chi connectivity index (χ3v) is 6.33. The molecule has 5 aromatic rings. The SMILES string of the molecule is CCCc1c(OCCCOc2ccc3c(ccn3CC(=O)OC)c2)ccc2c(-c3ccccc3)noc12. The van der Waals surface area contributed by atoms with E-state index in [2.05, 4.69) is 12.1 Å². The summed E-state index contributed by atoms with van der Waals surface area (Å²) in [6.07, 6.45) is 4.43. The van der Waals surface area contributed by atoms with E-state index in [0.29, 0.717) is 13.2 Å². The molecule has 0 unspecified atom stereocenters. The molecule has 0 saturated heterocycles. The van der Waals surface area contributed by atoms with Crippen LogP contribution in [-0.2, 0) is 22.5 Å². The fourth-order valence-corrected chi connectivity index (χ4v) is 4.51. The van der Waals surface area contributed by atoms with Gasteiger partial charge in [-0.1, -0.05) is 48.8 Å². The molecular weight excluding hydrogens is 468 g/mol. The minimum Gasteiger partial charge on any atom is -0.493 e. The zero-order chi connectivity index (χ0) is 25.6. The summed E-state index contributed by atoms with van der Waals surface area (Å²) in [5.41, 5.74) is 4.69. The lowest BCUT2D eigenvalue weighted by Gasteiger charge is -2.12. The minimum atomic E-state index is -0.279.